The molecule has 1 aromatic carbocycles. The molecule has 1 heterocycles. The average Bonchev–Trinajstić information content (AvgIpc) is 2.50. The average molecular weight is 285 g/mol. The van der Waals surface area contributed by atoms with E-state index in [0.29, 0.717) is 25.4 Å². The van der Waals surface area contributed by atoms with E-state index in [1.807, 2.05) is 29.2 Å². The van der Waals surface area contributed by atoms with Crippen molar-refractivity contribution < 1.29 is 4.79 Å². The molecule has 0 bridgehead atoms. The van der Waals surface area contributed by atoms with Crippen LogP contribution in [0.4, 0.5) is 5.69 Å². The minimum Gasteiger partial charge on any atom is -0.385 e. The first-order valence-corrected chi connectivity index (χ1v) is 7.62. The minimum atomic E-state index is -0.0834. The third kappa shape index (κ3) is 3.75. The van der Waals surface area contributed by atoms with Crippen LogP contribution in [0.15, 0.2) is 24.3 Å². The fourth-order valence-corrected chi connectivity index (χ4v) is 2.86. The van der Waals surface area contributed by atoms with E-state index in [4.69, 9.17) is 5.26 Å². The number of fused-ring (bicyclic) bond motifs is 1. The van der Waals surface area contributed by atoms with Gasteiger partial charge < -0.3 is 10.2 Å². The molecule has 112 valence electrons. The van der Waals surface area contributed by atoms with E-state index < -0.39 is 0 Å². The molecule has 4 heteroatoms. The first-order chi connectivity index (χ1) is 10.1. The van der Waals surface area contributed by atoms with Crippen LogP contribution in [0, 0.1) is 17.2 Å². The Labute approximate surface area is 126 Å². The molecule has 4 nitrogen and oxygen atoms in total. The van der Waals surface area contributed by atoms with Gasteiger partial charge in [-0.05, 0) is 24.0 Å². The number of amides is 1. The number of nitrogens with one attached hydrogen (secondary N) is 1. The summed E-state index contributed by atoms with van der Waals surface area (Å²) >= 11 is 0. The van der Waals surface area contributed by atoms with Crippen molar-refractivity contribution >= 4 is 11.6 Å². The topological polar surface area (TPSA) is 56.1 Å². The smallest absolute Gasteiger partial charge is 0.230 e. The largest absolute Gasteiger partial charge is 0.385 e. The van der Waals surface area contributed by atoms with Gasteiger partial charge in [0, 0.05) is 25.3 Å². The maximum atomic E-state index is 12.9. The molecular formula is C17H23N3O. The van der Waals surface area contributed by atoms with E-state index >= 15 is 0 Å². The van der Waals surface area contributed by atoms with Crippen molar-refractivity contribution in [3.8, 4) is 6.07 Å². The molecule has 1 aliphatic heterocycles. The highest BCUT2D eigenvalue weighted by Crippen LogP contribution is 2.32. The third-order valence-corrected chi connectivity index (χ3v) is 3.77. The van der Waals surface area contributed by atoms with Crippen LogP contribution in [0.25, 0.3) is 0 Å². The minimum absolute atomic E-state index is 0.0834. The molecule has 0 saturated heterocycles. The Kier molecular flexibility index (Phi) is 5.21. The molecule has 0 aromatic heterocycles. The van der Waals surface area contributed by atoms with Gasteiger partial charge in [0.05, 0.1) is 18.4 Å². The van der Waals surface area contributed by atoms with Crippen molar-refractivity contribution in [2.45, 2.75) is 32.6 Å². The Balaban J connectivity index is 2.19. The highest BCUT2D eigenvalue weighted by atomic mass is 16.2. The molecule has 0 saturated carbocycles. The van der Waals surface area contributed by atoms with E-state index in [2.05, 4.69) is 25.2 Å². The molecular weight excluding hydrogens is 262 g/mol. The van der Waals surface area contributed by atoms with E-state index in [1.165, 1.54) is 0 Å². The standard InChI is InChI=1S/C17H23N3O/c1-13(2)12-20(11-5-9-18)17(21)15-8-10-19-16-7-4-3-6-14(15)16/h3-4,6-7,13,15,19H,5,8,10-12H2,1-2H3. The van der Waals surface area contributed by atoms with Crippen molar-refractivity contribution in [2.24, 2.45) is 5.92 Å². The molecule has 1 unspecified atom stereocenters. The first kappa shape index (κ1) is 15.4. The second kappa shape index (κ2) is 7.12. The maximum Gasteiger partial charge on any atom is 0.230 e. The van der Waals surface area contributed by atoms with Crippen molar-refractivity contribution in [3.05, 3.63) is 29.8 Å². The van der Waals surface area contributed by atoms with Gasteiger partial charge in [-0.25, -0.2) is 0 Å². The summed E-state index contributed by atoms with van der Waals surface area (Å²) in [6.07, 6.45) is 1.21. The summed E-state index contributed by atoms with van der Waals surface area (Å²) in [5.74, 6) is 0.484. The Hall–Kier alpha value is -2.02. The van der Waals surface area contributed by atoms with Crippen LogP contribution in [0.3, 0.4) is 0 Å². The van der Waals surface area contributed by atoms with Gasteiger partial charge in [0.2, 0.25) is 5.91 Å². The monoisotopic (exact) mass is 285 g/mol. The van der Waals surface area contributed by atoms with E-state index in [-0.39, 0.29) is 11.8 Å². The lowest BCUT2D eigenvalue weighted by atomic mass is 9.89. The van der Waals surface area contributed by atoms with Gasteiger partial charge in [0.1, 0.15) is 0 Å². The lowest BCUT2D eigenvalue weighted by Crippen LogP contribution is -2.40. The van der Waals surface area contributed by atoms with E-state index in [9.17, 15) is 4.79 Å². The Morgan fingerprint density at radius 1 is 1.48 bits per heavy atom. The van der Waals surface area contributed by atoms with Crippen LogP contribution in [-0.4, -0.2) is 30.4 Å². The number of carbonyl (C=O) groups is 1. The molecule has 1 aromatic rings. The quantitative estimate of drug-likeness (QED) is 0.905. The second-order valence-corrected chi connectivity index (χ2v) is 5.94. The van der Waals surface area contributed by atoms with Crippen molar-refractivity contribution in [1.82, 2.24) is 4.90 Å². The molecule has 0 fully saturated rings. The first-order valence-electron chi connectivity index (χ1n) is 7.62. The van der Waals surface area contributed by atoms with Gasteiger partial charge in [-0.2, -0.15) is 5.26 Å². The van der Waals surface area contributed by atoms with Gasteiger partial charge in [-0.3, -0.25) is 4.79 Å². The fourth-order valence-electron chi connectivity index (χ4n) is 2.86. The molecule has 0 spiro atoms. The van der Waals surface area contributed by atoms with Crippen LogP contribution in [0.5, 0.6) is 0 Å². The van der Waals surface area contributed by atoms with Crippen molar-refractivity contribution in [3.63, 3.8) is 0 Å². The third-order valence-electron chi connectivity index (χ3n) is 3.77. The lowest BCUT2D eigenvalue weighted by Gasteiger charge is -2.32. The van der Waals surface area contributed by atoms with Gasteiger partial charge in [0.15, 0.2) is 0 Å². The number of anilines is 1. The Morgan fingerprint density at radius 2 is 2.24 bits per heavy atom. The summed E-state index contributed by atoms with van der Waals surface area (Å²) in [4.78, 5) is 14.8. The Bertz CT molecular complexity index is 533. The number of nitrogens with zero attached hydrogens (tertiary/aromatic N) is 2. The maximum absolute atomic E-state index is 12.9. The number of benzene rings is 1. The van der Waals surface area contributed by atoms with E-state index in [0.717, 1.165) is 24.2 Å². The van der Waals surface area contributed by atoms with Gasteiger partial charge in [-0.15, -0.1) is 0 Å². The summed E-state index contributed by atoms with van der Waals surface area (Å²) in [5.41, 5.74) is 2.14. The zero-order valence-electron chi connectivity index (χ0n) is 12.8. The highest BCUT2D eigenvalue weighted by molar-refractivity contribution is 5.86. The molecule has 2 rings (SSSR count). The SMILES string of the molecule is CC(C)CN(CCC#N)C(=O)C1CCNc2ccccc21. The number of nitriles is 1. The van der Waals surface area contributed by atoms with Crippen molar-refractivity contribution in [1.29, 1.82) is 5.26 Å². The summed E-state index contributed by atoms with van der Waals surface area (Å²) in [5, 5.41) is 12.1. The fraction of sp³-hybridized carbons (Fsp3) is 0.529. The van der Waals surface area contributed by atoms with Crippen LogP contribution >= 0.6 is 0 Å². The Morgan fingerprint density at radius 3 is 2.95 bits per heavy atom. The van der Waals surface area contributed by atoms with E-state index in [1.54, 1.807) is 0 Å². The predicted octanol–water partition coefficient (Wildman–Crippen LogP) is 2.98. The number of hydrogen-bond donors (Lipinski definition) is 1. The number of para-hydroxylation sites is 1. The van der Waals surface area contributed by atoms with Crippen LogP contribution in [-0.2, 0) is 4.79 Å². The van der Waals surface area contributed by atoms with Gasteiger partial charge in [-0.1, -0.05) is 32.0 Å². The van der Waals surface area contributed by atoms with Crippen LogP contribution in [0.1, 0.15) is 38.2 Å². The lowest BCUT2D eigenvalue weighted by molar-refractivity contribution is -0.133. The van der Waals surface area contributed by atoms with Crippen molar-refractivity contribution in [2.75, 3.05) is 25.0 Å². The van der Waals surface area contributed by atoms with Gasteiger partial charge in [0.25, 0.3) is 0 Å². The molecule has 1 amide bonds. The summed E-state index contributed by atoms with van der Waals surface area (Å²) in [6.45, 7) is 6.26. The summed E-state index contributed by atoms with van der Waals surface area (Å²) in [7, 11) is 0. The summed E-state index contributed by atoms with van der Waals surface area (Å²) < 4.78 is 0. The molecule has 21 heavy (non-hydrogen) atoms. The molecule has 1 N–H and O–H groups in total. The molecule has 0 aliphatic carbocycles. The normalized spacial score (nSPS) is 16.8. The molecule has 0 radical (unpaired) electrons. The number of rotatable bonds is 5. The van der Waals surface area contributed by atoms with Gasteiger partial charge >= 0.3 is 0 Å². The molecule has 1 atom stereocenters. The van der Waals surface area contributed by atoms with Crippen LogP contribution < -0.4 is 5.32 Å². The second-order valence-electron chi connectivity index (χ2n) is 5.94. The zero-order chi connectivity index (χ0) is 15.2. The number of carbonyl (C=O) groups excluding carboxylic acids is 1. The zero-order valence-corrected chi connectivity index (χ0v) is 12.8. The predicted molar refractivity (Wildman–Crippen MR) is 83.9 cm³/mol. The van der Waals surface area contributed by atoms with Crippen LogP contribution in [0.2, 0.25) is 0 Å². The molecule has 1 aliphatic rings. The highest BCUT2D eigenvalue weighted by Gasteiger charge is 2.29. The summed E-state index contributed by atoms with van der Waals surface area (Å²) in [6, 6.07) is 10.2. The number of hydrogen-bond acceptors (Lipinski definition) is 3.